The molecule has 1 aliphatic heterocycles. The Kier molecular flexibility index (Phi) is 5.29. The molecule has 7 heteroatoms. The summed E-state index contributed by atoms with van der Waals surface area (Å²) in [6.07, 6.45) is 4.45. The topological polar surface area (TPSA) is 52.0 Å². The maximum absolute atomic E-state index is 12.8. The molecule has 0 fully saturated rings. The molecule has 0 aliphatic carbocycles. The molecule has 2 aromatic carbocycles. The van der Waals surface area contributed by atoms with Crippen molar-refractivity contribution in [1.82, 2.24) is 20.1 Å². The second-order valence-corrected chi connectivity index (χ2v) is 6.74. The molecule has 0 saturated carbocycles. The number of rotatable bonds is 6. The lowest BCUT2D eigenvalue weighted by Crippen LogP contribution is -2.18. The summed E-state index contributed by atoms with van der Waals surface area (Å²) < 4.78 is 32.5. The van der Waals surface area contributed by atoms with E-state index in [4.69, 9.17) is 4.74 Å². The first-order chi connectivity index (χ1) is 13.2. The predicted octanol–water partition coefficient (Wildman–Crippen LogP) is 4.05. The molecule has 5 nitrogen and oxygen atoms in total. The molecule has 3 aromatic rings. The van der Waals surface area contributed by atoms with Crippen LogP contribution in [0.1, 0.15) is 36.5 Å². The Morgan fingerprint density at radius 2 is 1.93 bits per heavy atom. The number of nitrogens with zero attached hydrogens (tertiary/aromatic N) is 3. The summed E-state index contributed by atoms with van der Waals surface area (Å²) in [6, 6.07) is 11.1. The molecule has 1 aliphatic rings. The molecule has 0 saturated heterocycles. The van der Waals surface area contributed by atoms with Crippen molar-refractivity contribution in [3.05, 3.63) is 53.6 Å². The molecule has 0 radical (unpaired) electrons. The monoisotopic (exact) mass is 372 g/mol. The number of ether oxygens (including phenoxy) is 1. The van der Waals surface area contributed by atoms with Gasteiger partial charge in [-0.2, -0.15) is 8.78 Å². The van der Waals surface area contributed by atoms with E-state index in [0.29, 0.717) is 13.1 Å². The minimum Gasteiger partial charge on any atom is -0.434 e. The highest BCUT2D eigenvalue weighted by Gasteiger charge is 2.16. The van der Waals surface area contributed by atoms with Crippen LogP contribution < -0.4 is 10.1 Å². The number of benzene rings is 2. The van der Waals surface area contributed by atoms with Gasteiger partial charge in [0.05, 0.1) is 6.54 Å². The van der Waals surface area contributed by atoms with E-state index in [-0.39, 0.29) is 5.75 Å². The normalized spacial score (nSPS) is 14.3. The fourth-order valence-corrected chi connectivity index (χ4v) is 3.68. The zero-order valence-corrected chi connectivity index (χ0v) is 15.0. The molecular formula is C20H22F2N4O. The van der Waals surface area contributed by atoms with E-state index < -0.39 is 6.61 Å². The molecule has 1 aromatic heterocycles. The van der Waals surface area contributed by atoms with Crippen LogP contribution in [0, 0.1) is 0 Å². The van der Waals surface area contributed by atoms with Crippen LogP contribution in [0.25, 0.3) is 10.8 Å². The first-order valence-electron chi connectivity index (χ1n) is 9.29. The second-order valence-electron chi connectivity index (χ2n) is 6.74. The molecule has 0 bridgehead atoms. The summed E-state index contributed by atoms with van der Waals surface area (Å²) in [5.41, 5.74) is 0.726. The van der Waals surface area contributed by atoms with Crippen molar-refractivity contribution in [1.29, 1.82) is 0 Å². The third kappa shape index (κ3) is 3.93. The van der Waals surface area contributed by atoms with Crippen LogP contribution in [0.2, 0.25) is 0 Å². The van der Waals surface area contributed by atoms with Crippen LogP contribution in [0.3, 0.4) is 0 Å². The summed E-state index contributed by atoms with van der Waals surface area (Å²) in [7, 11) is 0. The van der Waals surface area contributed by atoms with Crippen molar-refractivity contribution in [2.24, 2.45) is 0 Å². The molecule has 0 amide bonds. The summed E-state index contributed by atoms with van der Waals surface area (Å²) in [5, 5.41) is 13.8. The summed E-state index contributed by atoms with van der Waals surface area (Å²) >= 11 is 0. The number of aromatic nitrogens is 3. The Bertz CT molecular complexity index is 925. The molecular weight excluding hydrogens is 350 g/mol. The number of halogens is 2. The highest BCUT2D eigenvalue weighted by atomic mass is 19.3. The number of fused-ring (bicyclic) bond motifs is 2. The van der Waals surface area contributed by atoms with Gasteiger partial charge in [-0.1, -0.05) is 36.8 Å². The fraction of sp³-hybridized carbons (Fsp3) is 0.400. The van der Waals surface area contributed by atoms with Crippen molar-refractivity contribution in [2.45, 2.75) is 51.9 Å². The van der Waals surface area contributed by atoms with Gasteiger partial charge in [-0.15, -0.1) is 10.2 Å². The lowest BCUT2D eigenvalue weighted by atomic mass is 10.0. The highest BCUT2D eigenvalue weighted by Crippen LogP contribution is 2.29. The van der Waals surface area contributed by atoms with E-state index in [1.165, 1.54) is 6.42 Å². The van der Waals surface area contributed by atoms with E-state index in [1.54, 1.807) is 12.1 Å². The molecule has 142 valence electrons. The lowest BCUT2D eigenvalue weighted by Gasteiger charge is -2.15. The molecule has 2 heterocycles. The first kappa shape index (κ1) is 17.9. The van der Waals surface area contributed by atoms with Crippen molar-refractivity contribution in [3.63, 3.8) is 0 Å². The van der Waals surface area contributed by atoms with Crippen LogP contribution in [-0.4, -0.2) is 21.4 Å². The lowest BCUT2D eigenvalue weighted by molar-refractivity contribution is -0.0503. The predicted molar refractivity (Wildman–Crippen MR) is 98.7 cm³/mol. The van der Waals surface area contributed by atoms with Gasteiger partial charge in [0.1, 0.15) is 17.4 Å². The van der Waals surface area contributed by atoms with Gasteiger partial charge in [0.25, 0.3) is 0 Å². The molecule has 4 rings (SSSR count). The van der Waals surface area contributed by atoms with Gasteiger partial charge in [0.15, 0.2) is 0 Å². The smallest absolute Gasteiger partial charge is 0.387 e. The van der Waals surface area contributed by atoms with Crippen LogP contribution in [0.5, 0.6) is 5.75 Å². The number of alkyl halides is 2. The minimum atomic E-state index is -2.85. The molecule has 27 heavy (non-hydrogen) atoms. The molecule has 1 N–H and O–H groups in total. The van der Waals surface area contributed by atoms with Gasteiger partial charge in [0, 0.05) is 25.1 Å². The van der Waals surface area contributed by atoms with E-state index in [1.807, 2.05) is 24.3 Å². The second kappa shape index (κ2) is 8.00. The Labute approximate surface area is 156 Å². The van der Waals surface area contributed by atoms with E-state index in [0.717, 1.165) is 53.8 Å². The Morgan fingerprint density at radius 3 is 2.81 bits per heavy atom. The molecule has 0 spiro atoms. The Morgan fingerprint density at radius 1 is 1.04 bits per heavy atom. The summed E-state index contributed by atoms with van der Waals surface area (Å²) in [6.45, 7) is -0.972. The quantitative estimate of drug-likeness (QED) is 0.709. The summed E-state index contributed by atoms with van der Waals surface area (Å²) in [4.78, 5) is 0. The van der Waals surface area contributed by atoms with Crippen molar-refractivity contribution in [3.8, 4) is 5.75 Å². The van der Waals surface area contributed by atoms with Crippen LogP contribution in [0.15, 0.2) is 36.4 Å². The van der Waals surface area contributed by atoms with Crippen LogP contribution in [0.4, 0.5) is 8.78 Å². The third-order valence-corrected chi connectivity index (χ3v) is 4.98. The first-order valence-corrected chi connectivity index (χ1v) is 9.29. The van der Waals surface area contributed by atoms with Gasteiger partial charge in [-0.05, 0) is 29.7 Å². The number of hydrogen-bond donors (Lipinski definition) is 1. The average molecular weight is 372 g/mol. The van der Waals surface area contributed by atoms with Gasteiger partial charge in [-0.3, -0.25) is 0 Å². The highest BCUT2D eigenvalue weighted by molar-refractivity contribution is 5.87. The van der Waals surface area contributed by atoms with E-state index in [9.17, 15) is 8.78 Å². The zero-order valence-electron chi connectivity index (χ0n) is 15.0. The number of aryl methyl sites for hydroxylation is 1. The SMILES string of the molecule is FC(F)Oc1ccc2ccccc2c1CNCc1nnc2n1CCCCC2. The Hall–Kier alpha value is -2.54. The van der Waals surface area contributed by atoms with Crippen molar-refractivity contribution < 1.29 is 13.5 Å². The largest absolute Gasteiger partial charge is 0.434 e. The van der Waals surface area contributed by atoms with Crippen LogP contribution >= 0.6 is 0 Å². The van der Waals surface area contributed by atoms with Crippen LogP contribution in [-0.2, 0) is 26.1 Å². The number of hydrogen-bond acceptors (Lipinski definition) is 4. The standard InChI is InChI=1S/C20H22F2N4O/c21-20(22)27-17-10-9-14-6-3-4-7-15(14)16(17)12-23-13-19-25-24-18-8-2-1-5-11-26(18)19/h3-4,6-7,9-10,20,23H,1-2,5,8,11-13H2. The van der Waals surface area contributed by atoms with Crippen molar-refractivity contribution >= 4 is 10.8 Å². The number of nitrogens with one attached hydrogen (secondary N) is 1. The maximum atomic E-state index is 12.8. The summed E-state index contributed by atoms with van der Waals surface area (Å²) in [5.74, 6) is 2.14. The van der Waals surface area contributed by atoms with E-state index >= 15 is 0 Å². The molecule has 0 atom stereocenters. The zero-order chi connectivity index (χ0) is 18.6. The van der Waals surface area contributed by atoms with Gasteiger partial charge >= 0.3 is 6.61 Å². The average Bonchev–Trinajstić information content (AvgIpc) is 2.89. The molecule has 0 unspecified atom stereocenters. The fourth-order valence-electron chi connectivity index (χ4n) is 3.68. The Balaban J connectivity index is 1.54. The van der Waals surface area contributed by atoms with Gasteiger partial charge in [0.2, 0.25) is 0 Å². The van der Waals surface area contributed by atoms with E-state index in [2.05, 4.69) is 20.1 Å². The third-order valence-electron chi connectivity index (χ3n) is 4.98. The maximum Gasteiger partial charge on any atom is 0.387 e. The van der Waals surface area contributed by atoms with Gasteiger partial charge in [-0.25, -0.2) is 0 Å². The van der Waals surface area contributed by atoms with Gasteiger partial charge < -0.3 is 14.6 Å². The minimum absolute atomic E-state index is 0.205. The van der Waals surface area contributed by atoms with Crippen molar-refractivity contribution in [2.75, 3.05) is 0 Å².